The maximum Gasteiger partial charge on any atom is 0.234 e. The molecule has 0 saturated carbocycles. The normalized spacial score (nSPS) is 19.6. The molecule has 364 valence electrons. The van der Waals surface area contributed by atoms with Gasteiger partial charge >= 0.3 is 0 Å². The van der Waals surface area contributed by atoms with Crippen LogP contribution in [0.3, 0.4) is 0 Å². The van der Waals surface area contributed by atoms with Crippen LogP contribution in [0.25, 0.3) is 10.9 Å². The van der Waals surface area contributed by atoms with Gasteiger partial charge in [-0.3, -0.25) is 29.6 Å². The molecule has 15 nitrogen and oxygen atoms in total. The summed E-state index contributed by atoms with van der Waals surface area (Å²) in [5, 5.41) is 9.74. The van der Waals surface area contributed by atoms with Gasteiger partial charge in [0.2, 0.25) is 23.7 Å². The summed E-state index contributed by atoms with van der Waals surface area (Å²) in [6, 6.07) is 11.8. The van der Waals surface area contributed by atoms with Crippen molar-refractivity contribution in [2.45, 2.75) is 57.9 Å². The van der Waals surface area contributed by atoms with Crippen molar-refractivity contribution in [3.8, 4) is 5.75 Å². The third-order valence-electron chi connectivity index (χ3n) is 13.9. The molecule has 5 aromatic rings. The number of ether oxygens (including phenoxy) is 1. The number of fused-ring (bicyclic) bond motifs is 1. The van der Waals surface area contributed by atoms with E-state index in [9.17, 15) is 23.3 Å². The average Bonchev–Trinajstić information content (AvgIpc) is 3.81. The highest BCUT2D eigenvalue weighted by Gasteiger charge is 2.37. The number of pyridine rings is 1. The lowest BCUT2D eigenvalue weighted by Crippen LogP contribution is -2.55. The number of piperidine rings is 2. The van der Waals surface area contributed by atoms with Crippen molar-refractivity contribution >= 4 is 91.5 Å². The standard InChI is InChI=1S/C49H55BrF3N10O5P/c1-27-20-40(57-49-54-25-34(50)46(59-49)56-39-8-7-38-33(45(39)69(4,5)67)23-35(51)28(2)55-38)42(68-3)24-41(27)61-14-11-30(12-15-61)60-16-18-62(19-17-60)48(66)29-10-13-63(26-29)31-21-36(52)44(37(53)22-31)32-6-9-43(64)58-47(32)65/h7-8,20-25,29-30,32H,6,9-19,26H2,1-5H3,(H,58,64,65)(H2,54,56,57,59). The predicted octanol–water partition coefficient (Wildman–Crippen LogP) is 7.72. The van der Waals surface area contributed by atoms with Gasteiger partial charge in [-0.2, -0.15) is 4.98 Å². The Labute approximate surface area is 407 Å². The van der Waals surface area contributed by atoms with Gasteiger partial charge in [0.05, 0.1) is 46.0 Å². The zero-order valence-corrected chi connectivity index (χ0v) is 41.7. The first kappa shape index (κ1) is 48.3. The number of amides is 3. The lowest BCUT2D eigenvalue weighted by Gasteiger charge is -2.44. The number of rotatable bonds is 11. The second-order valence-corrected chi connectivity index (χ2v) is 22.8. The first-order valence-electron chi connectivity index (χ1n) is 23.2. The molecule has 3 aromatic carbocycles. The van der Waals surface area contributed by atoms with E-state index in [1.165, 1.54) is 18.2 Å². The van der Waals surface area contributed by atoms with Crippen LogP contribution in [-0.4, -0.2) is 121 Å². The highest BCUT2D eigenvalue weighted by molar-refractivity contribution is 9.10. The first-order chi connectivity index (χ1) is 32.9. The zero-order valence-electron chi connectivity index (χ0n) is 39.2. The number of piperazine rings is 1. The van der Waals surface area contributed by atoms with Crippen molar-refractivity contribution in [3.05, 3.63) is 87.4 Å². The number of hydrogen-bond donors (Lipinski definition) is 3. The topological polar surface area (TPSA) is 165 Å². The molecule has 4 aliphatic heterocycles. The van der Waals surface area contributed by atoms with Crippen LogP contribution < -0.4 is 35.8 Å². The molecule has 2 aromatic heterocycles. The van der Waals surface area contributed by atoms with Gasteiger partial charge in [0.1, 0.15) is 36.2 Å². The van der Waals surface area contributed by atoms with Gasteiger partial charge in [0.15, 0.2) is 0 Å². The van der Waals surface area contributed by atoms with Crippen LogP contribution in [0.15, 0.2) is 53.1 Å². The summed E-state index contributed by atoms with van der Waals surface area (Å²) >= 11 is 3.55. The molecule has 6 heterocycles. The van der Waals surface area contributed by atoms with Crippen LogP contribution in [0.5, 0.6) is 5.75 Å². The molecule has 4 fully saturated rings. The summed E-state index contributed by atoms with van der Waals surface area (Å²) in [4.78, 5) is 59.9. The van der Waals surface area contributed by atoms with E-state index in [0.29, 0.717) is 93.9 Å². The van der Waals surface area contributed by atoms with Gasteiger partial charge in [-0.25, -0.2) is 18.2 Å². The molecule has 2 unspecified atom stereocenters. The molecule has 0 bridgehead atoms. The lowest BCUT2D eigenvalue weighted by molar-refractivity contribution is -0.137. The van der Waals surface area contributed by atoms with E-state index in [-0.39, 0.29) is 35.9 Å². The number of methoxy groups -OCH3 is 1. The Morgan fingerprint density at radius 3 is 2.25 bits per heavy atom. The Kier molecular flexibility index (Phi) is 13.7. The molecule has 4 aliphatic rings. The number of hydrogen-bond acceptors (Lipinski definition) is 13. The molecule has 20 heteroatoms. The molecule has 69 heavy (non-hydrogen) atoms. The van der Waals surface area contributed by atoms with E-state index in [1.54, 1.807) is 45.7 Å². The number of carbonyl (C=O) groups excluding carboxylic acids is 3. The molecule has 9 rings (SSSR count). The minimum Gasteiger partial charge on any atom is -0.494 e. The molecule has 0 radical (unpaired) electrons. The predicted molar refractivity (Wildman–Crippen MR) is 265 cm³/mol. The summed E-state index contributed by atoms with van der Waals surface area (Å²) in [5.41, 5.74) is 4.14. The number of nitrogens with one attached hydrogen (secondary N) is 3. The van der Waals surface area contributed by atoms with Gasteiger partial charge in [-0.05, 0) is 111 Å². The van der Waals surface area contributed by atoms with Gasteiger partial charge in [-0.1, -0.05) is 0 Å². The van der Waals surface area contributed by atoms with Crippen molar-refractivity contribution < 1.29 is 36.9 Å². The van der Waals surface area contributed by atoms with Crippen LogP contribution in [0, 0.1) is 37.2 Å². The van der Waals surface area contributed by atoms with Crippen molar-refractivity contribution in [2.75, 3.05) is 93.2 Å². The van der Waals surface area contributed by atoms with E-state index >= 15 is 8.78 Å². The first-order valence-corrected chi connectivity index (χ1v) is 26.6. The maximum absolute atomic E-state index is 15.3. The van der Waals surface area contributed by atoms with Gasteiger partial charge < -0.3 is 34.6 Å². The van der Waals surface area contributed by atoms with Crippen molar-refractivity contribution in [3.63, 3.8) is 0 Å². The summed E-state index contributed by atoms with van der Waals surface area (Å²) in [7, 11) is -1.31. The highest BCUT2D eigenvalue weighted by Crippen LogP contribution is 2.43. The van der Waals surface area contributed by atoms with Crippen molar-refractivity contribution in [1.82, 2.24) is 30.1 Å². The Hall–Kier alpha value is -5.78. The van der Waals surface area contributed by atoms with Crippen LogP contribution in [0.2, 0.25) is 0 Å². The smallest absolute Gasteiger partial charge is 0.234 e. The van der Waals surface area contributed by atoms with Gasteiger partial charge in [-0.15, -0.1) is 0 Å². The zero-order chi connectivity index (χ0) is 48.9. The van der Waals surface area contributed by atoms with E-state index in [2.05, 4.69) is 58.6 Å². The Balaban J connectivity index is 0.788. The van der Waals surface area contributed by atoms with Crippen molar-refractivity contribution in [2.24, 2.45) is 5.92 Å². The average molecular weight is 1030 g/mol. The number of halogens is 4. The molecule has 3 N–H and O–H groups in total. The minimum atomic E-state index is -2.93. The summed E-state index contributed by atoms with van der Waals surface area (Å²) in [6.07, 6.45) is 4.18. The molecule has 2 atom stereocenters. The maximum atomic E-state index is 15.3. The van der Waals surface area contributed by atoms with Crippen LogP contribution >= 0.6 is 23.1 Å². The van der Waals surface area contributed by atoms with Gasteiger partial charge in [0, 0.05) is 105 Å². The summed E-state index contributed by atoms with van der Waals surface area (Å²) < 4.78 is 65.4. The quantitative estimate of drug-likeness (QED) is 0.0871. The second kappa shape index (κ2) is 19.5. The summed E-state index contributed by atoms with van der Waals surface area (Å²) in [6.45, 7) is 12.3. The van der Waals surface area contributed by atoms with E-state index in [0.717, 1.165) is 50.3 Å². The van der Waals surface area contributed by atoms with E-state index < -0.39 is 42.3 Å². The largest absolute Gasteiger partial charge is 0.494 e. The lowest BCUT2D eigenvalue weighted by atomic mass is 9.89. The number of aromatic nitrogens is 3. The molecular weight excluding hydrogens is 976 g/mol. The second-order valence-electron chi connectivity index (χ2n) is 18.8. The fourth-order valence-electron chi connectivity index (χ4n) is 10.3. The molecule has 0 spiro atoms. The van der Waals surface area contributed by atoms with E-state index in [1.807, 2.05) is 21.9 Å². The fourth-order valence-corrected chi connectivity index (χ4v) is 12.1. The van der Waals surface area contributed by atoms with Crippen LogP contribution in [0.4, 0.5) is 47.7 Å². The van der Waals surface area contributed by atoms with E-state index in [4.69, 9.17) is 9.72 Å². The fraction of sp³-hybridized carbons (Fsp3) is 0.429. The van der Waals surface area contributed by atoms with Crippen LogP contribution in [-0.2, 0) is 18.9 Å². The minimum absolute atomic E-state index is 0.0208. The number of benzene rings is 3. The molecule has 3 amide bonds. The number of carbonyl (C=O) groups is 3. The molecule has 4 saturated heterocycles. The number of aryl methyl sites for hydroxylation is 2. The molecule has 0 aliphatic carbocycles. The number of imide groups is 1. The Morgan fingerprint density at radius 1 is 0.855 bits per heavy atom. The SMILES string of the molecule is COc1cc(N2CCC(N3CCN(C(=O)C4CCN(c5cc(F)c(C6CCC(=O)NC6=O)c(F)c5)C4)CC3)CC2)c(C)cc1Nc1ncc(Br)c(Nc2ccc3nc(C)c(F)cc3c2P(C)(C)=O)n1. The van der Waals surface area contributed by atoms with Crippen molar-refractivity contribution in [1.29, 1.82) is 0 Å². The summed E-state index contributed by atoms with van der Waals surface area (Å²) in [5.74, 6) is -3.24. The molecular formula is C49H55BrF3N10O5P. The monoisotopic (exact) mass is 1030 g/mol. The van der Waals surface area contributed by atoms with Gasteiger partial charge in [0.25, 0.3) is 0 Å². The highest BCUT2D eigenvalue weighted by atomic mass is 79.9. The number of anilines is 6. The Bertz CT molecular complexity index is 2880. The third-order valence-corrected chi connectivity index (χ3v) is 16.0. The third kappa shape index (κ3) is 10.00. The number of nitrogens with zero attached hydrogens (tertiary/aromatic N) is 7. The van der Waals surface area contributed by atoms with Crippen LogP contribution in [0.1, 0.15) is 54.8 Å². The Morgan fingerprint density at radius 2 is 1.57 bits per heavy atom.